The van der Waals surface area contributed by atoms with Crippen molar-refractivity contribution in [2.45, 2.75) is 32.4 Å². The van der Waals surface area contributed by atoms with Crippen LogP contribution in [0.3, 0.4) is 0 Å². The molecule has 0 fully saturated rings. The summed E-state index contributed by atoms with van der Waals surface area (Å²) in [5, 5.41) is 4.55. The molecule has 0 aliphatic carbocycles. The van der Waals surface area contributed by atoms with Gasteiger partial charge in [-0.15, -0.1) is 0 Å². The maximum absolute atomic E-state index is 13.7. The van der Waals surface area contributed by atoms with Crippen LogP contribution in [0.4, 0.5) is 4.39 Å². The lowest BCUT2D eigenvalue weighted by Gasteiger charge is -2.15. The monoisotopic (exact) mass is 392 g/mol. The summed E-state index contributed by atoms with van der Waals surface area (Å²) in [5.41, 5.74) is 2.68. The number of benzene rings is 1. The molecule has 2 heterocycles. The molecule has 26 heavy (non-hydrogen) atoms. The topological polar surface area (TPSA) is 59.6 Å². The molecule has 0 aliphatic rings. The highest BCUT2D eigenvalue weighted by Crippen LogP contribution is 2.27. The average Bonchev–Trinajstić information content (AvgIpc) is 2.93. The van der Waals surface area contributed by atoms with Crippen molar-refractivity contribution in [2.75, 3.05) is 0 Å². The van der Waals surface area contributed by atoms with Gasteiger partial charge in [0.2, 0.25) is 0 Å². The minimum Gasteiger partial charge on any atom is -0.234 e. The number of hydrogen-bond donors (Lipinski definition) is 0. The van der Waals surface area contributed by atoms with Crippen molar-refractivity contribution in [3.63, 3.8) is 0 Å². The summed E-state index contributed by atoms with van der Waals surface area (Å²) in [7, 11) is -1.44. The molecule has 0 amide bonds. The highest BCUT2D eigenvalue weighted by molar-refractivity contribution is 7.85. The third kappa shape index (κ3) is 3.68. The zero-order valence-corrected chi connectivity index (χ0v) is 16.4. The van der Waals surface area contributed by atoms with Crippen molar-refractivity contribution in [3.05, 3.63) is 53.1 Å². The third-order valence-corrected chi connectivity index (χ3v) is 5.44. The van der Waals surface area contributed by atoms with Gasteiger partial charge in [0, 0.05) is 17.3 Å². The van der Waals surface area contributed by atoms with Crippen molar-refractivity contribution < 1.29 is 8.60 Å². The van der Waals surface area contributed by atoms with E-state index in [1.165, 1.54) is 22.8 Å². The van der Waals surface area contributed by atoms with Crippen molar-refractivity contribution in [1.82, 2.24) is 14.6 Å². The van der Waals surface area contributed by atoms with Crippen LogP contribution < -0.4 is 0 Å². The Morgan fingerprint density at radius 1 is 1.35 bits per heavy atom. The molecule has 0 bridgehead atoms. The Kier molecular flexibility index (Phi) is 4.94. The summed E-state index contributed by atoms with van der Waals surface area (Å²) in [4.78, 5) is 4.56. The first kappa shape index (κ1) is 18.7. The number of rotatable bonds is 3. The van der Waals surface area contributed by atoms with Crippen molar-refractivity contribution in [2.24, 2.45) is 4.40 Å². The Morgan fingerprint density at radius 2 is 2.08 bits per heavy atom. The Morgan fingerprint density at radius 3 is 2.73 bits per heavy atom. The van der Waals surface area contributed by atoms with Crippen LogP contribution >= 0.6 is 11.6 Å². The summed E-state index contributed by atoms with van der Waals surface area (Å²) in [5.74, 6) is -0.373. The number of aromatic nitrogens is 3. The lowest BCUT2D eigenvalue weighted by Crippen LogP contribution is -2.21. The van der Waals surface area contributed by atoms with Gasteiger partial charge in [0.05, 0.1) is 22.3 Å². The molecule has 5 nitrogen and oxygen atoms in total. The largest absolute Gasteiger partial charge is 0.234 e. The molecular formula is C18H18ClFN4OS. The zero-order valence-electron chi connectivity index (χ0n) is 14.8. The summed E-state index contributed by atoms with van der Waals surface area (Å²) in [6, 6.07) is 6.12. The van der Waals surface area contributed by atoms with Gasteiger partial charge in [0.25, 0.3) is 0 Å². The minimum atomic E-state index is -1.44. The van der Waals surface area contributed by atoms with Gasteiger partial charge in [-0.25, -0.2) is 18.1 Å². The first-order valence-electron chi connectivity index (χ1n) is 7.94. The molecule has 0 radical (unpaired) electrons. The molecule has 136 valence electrons. The predicted molar refractivity (Wildman–Crippen MR) is 103 cm³/mol. The fraction of sp³-hybridized carbons (Fsp3) is 0.278. The fourth-order valence-electron chi connectivity index (χ4n) is 2.31. The zero-order chi connectivity index (χ0) is 19.1. The second-order valence-corrected chi connectivity index (χ2v) is 9.13. The Balaban J connectivity index is 2.24. The predicted octanol–water partition coefficient (Wildman–Crippen LogP) is 4.46. The van der Waals surface area contributed by atoms with Crippen LogP contribution in [0.15, 0.2) is 41.1 Å². The van der Waals surface area contributed by atoms with Crippen LogP contribution in [-0.2, 0) is 11.0 Å². The van der Waals surface area contributed by atoms with Gasteiger partial charge in [0.15, 0.2) is 5.65 Å². The van der Waals surface area contributed by atoms with Crippen LogP contribution in [0.2, 0.25) is 5.02 Å². The average molecular weight is 393 g/mol. The Hall–Kier alpha value is -2.12. The van der Waals surface area contributed by atoms with Gasteiger partial charge in [-0.05, 0) is 39.8 Å². The lowest BCUT2D eigenvalue weighted by atomic mass is 10.0. The quantitative estimate of drug-likeness (QED) is 0.618. The van der Waals surface area contributed by atoms with Crippen LogP contribution in [0.1, 0.15) is 33.3 Å². The molecule has 3 aromatic rings. The highest BCUT2D eigenvalue weighted by atomic mass is 35.5. The van der Waals surface area contributed by atoms with E-state index < -0.39 is 15.7 Å². The maximum atomic E-state index is 13.7. The summed E-state index contributed by atoms with van der Waals surface area (Å²) >= 11 is 6.14. The van der Waals surface area contributed by atoms with Crippen LogP contribution in [0.25, 0.3) is 16.9 Å². The Bertz CT molecular complexity index is 1040. The van der Waals surface area contributed by atoms with Crippen LogP contribution in [-0.4, -0.2) is 29.3 Å². The lowest BCUT2D eigenvalue weighted by molar-refractivity contribution is 0.628. The smallest absolute Gasteiger partial charge is 0.174 e. The van der Waals surface area contributed by atoms with E-state index in [-0.39, 0.29) is 5.82 Å². The van der Waals surface area contributed by atoms with Crippen molar-refractivity contribution in [3.8, 4) is 11.3 Å². The van der Waals surface area contributed by atoms with Gasteiger partial charge >= 0.3 is 0 Å². The van der Waals surface area contributed by atoms with Crippen molar-refractivity contribution in [1.29, 1.82) is 0 Å². The SMILES string of the molecule is CC(=NS(=O)C(C)(C)C)c1cn2ncc(Cl)c2nc1-c1cccc(F)c1. The summed E-state index contributed by atoms with van der Waals surface area (Å²) in [6.07, 6.45) is 3.20. The molecule has 3 rings (SSSR count). The molecule has 2 aromatic heterocycles. The number of nitrogens with zero attached hydrogens (tertiary/aromatic N) is 4. The maximum Gasteiger partial charge on any atom is 0.174 e. The van der Waals surface area contributed by atoms with Gasteiger partial charge in [0.1, 0.15) is 21.8 Å². The molecule has 8 heteroatoms. The Labute approximate surface area is 158 Å². The van der Waals surface area contributed by atoms with E-state index in [4.69, 9.17) is 11.6 Å². The molecule has 0 aliphatic heterocycles. The van der Waals surface area contributed by atoms with Crippen LogP contribution in [0.5, 0.6) is 0 Å². The second kappa shape index (κ2) is 6.89. The normalized spacial score (nSPS) is 14.0. The van der Waals surface area contributed by atoms with E-state index in [9.17, 15) is 8.60 Å². The standard InChI is InChI=1S/C18H18ClFN4OS/c1-11(23-26(25)18(2,3)4)14-10-24-17(15(19)9-21-24)22-16(14)12-6-5-7-13(20)8-12/h5-10H,1-4H3. The van der Waals surface area contributed by atoms with Gasteiger partial charge in [-0.2, -0.15) is 9.50 Å². The van der Waals surface area contributed by atoms with E-state index in [1.807, 2.05) is 20.8 Å². The van der Waals surface area contributed by atoms with Gasteiger partial charge < -0.3 is 0 Å². The van der Waals surface area contributed by atoms with E-state index in [1.54, 1.807) is 25.3 Å². The van der Waals surface area contributed by atoms with Gasteiger partial charge in [-0.1, -0.05) is 23.7 Å². The fourth-order valence-corrected chi connectivity index (χ4v) is 3.11. The summed E-state index contributed by atoms with van der Waals surface area (Å²) < 4.78 is 31.5. The van der Waals surface area contributed by atoms with E-state index >= 15 is 0 Å². The summed E-state index contributed by atoms with van der Waals surface area (Å²) in [6.45, 7) is 7.30. The molecule has 0 saturated carbocycles. The van der Waals surface area contributed by atoms with Crippen molar-refractivity contribution >= 4 is 33.9 Å². The molecule has 1 unspecified atom stereocenters. The second-order valence-electron chi connectivity index (χ2n) is 6.81. The first-order valence-corrected chi connectivity index (χ1v) is 9.43. The molecule has 0 saturated heterocycles. The molecule has 1 atom stereocenters. The van der Waals surface area contributed by atoms with Crippen LogP contribution in [0, 0.1) is 5.82 Å². The van der Waals surface area contributed by atoms with E-state index in [0.29, 0.717) is 33.2 Å². The number of halogens is 2. The van der Waals surface area contributed by atoms with E-state index in [2.05, 4.69) is 14.5 Å². The number of fused-ring (bicyclic) bond motifs is 1. The minimum absolute atomic E-state index is 0.373. The first-order chi connectivity index (χ1) is 12.2. The number of hydrogen-bond acceptors (Lipinski definition) is 3. The molecule has 1 aromatic carbocycles. The molecular weight excluding hydrogens is 375 g/mol. The molecule has 0 spiro atoms. The highest BCUT2D eigenvalue weighted by Gasteiger charge is 2.21. The third-order valence-electron chi connectivity index (χ3n) is 3.68. The van der Waals surface area contributed by atoms with E-state index in [0.717, 1.165) is 0 Å². The molecule has 0 N–H and O–H groups in total. The van der Waals surface area contributed by atoms with Gasteiger partial charge in [-0.3, -0.25) is 0 Å².